The van der Waals surface area contributed by atoms with Gasteiger partial charge in [0, 0.05) is 30.0 Å². The van der Waals surface area contributed by atoms with Crippen LogP contribution in [0.15, 0.2) is 72.9 Å². The number of rotatable bonds is 5. The Balaban J connectivity index is 1.84. The highest BCUT2D eigenvalue weighted by Crippen LogP contribution is 2.60. The first-order chi connectivity index (χ1) is 15.9. The fraction of sp³-hybridized carbons (Fsp3) is 0.222. The molecule has 2 aromatic carbocycles. The molecular formula is C27H21F2NO3. The van der Waals surface area contributed by atoms with Crippen molar-refractivity contribution in [3.63, 3.8) is 0 Å². The molecule has 0 amide bonds. The number of ether oxygens (including phenoxy) is 1. The number of allylic oxidation sites excluding steroid dienone is 1. The molecule has 1 unspecified atom stereocenters. The van der Waals surface area contributed by atoms with Gasteiger partial charge in [-0.3, -0.25) is 9.78 Å². The lowest BCUT2D eigenvalue weighted by molar-refractivity contribution is -0.173. The van der Waals surface area contributed by atoms with Crippen molar-refractivity contribution in [1.82, 2.24) is 4.98 Å². The number of fused-ring (bicyclic) bond motifs is 5. The molecule has 0 saturated heterocycles. The zero-order valence-electron chi connectivity index (χ0n) is 18.0. The monoisotopic (exact) mass is 445 g/mol. The van der Waals surface area contributed by atoms with E-state index in [-0.39, 0.29) is 18.8 Å². The standard InChI is InChI=1S/C27H21F2NO3/c1-2-33-25(32)27(28,29)16-26-15-21(31)19-12-8-14-30-24(19)23(26)22(17-9-4-3-5-10-17)18-11-6-7-13-20(18)26/h3-14H,2,15-16H2,1H3. The molecule has 0 N–H and O–H groups in total. The van der Waals surface area contributed by atoms with Gasteiger partial charge in [0.05, 0.1) is 12.3 Å². The number of carbonyl (C=O) groups is 2. The van der Waals surface area contributed by atoms with Gasteiger partial charge in [0.2, 0.25) is 0 Å². The van der Waals surface area contributed by atoms with Crippen molar-refractivity contribution in [2.75, 3.05) is 6.61 Å². The van der Waals surface area contributed by atoms with E-state index in [1.807, 2.05) is 42.5 Å². The number of pyridine rings is 1. The minimum atomic E-state index is -3.78. The quantitative estimate of drug-likeness (QED) is 0.489. The highest BCUT2D eigenvalue weighted by molar-refractivity contribution is 6.16. The predicted octanol–water partition coefficient (Wildman–Crippen LogP) is 5.47. The summed E-state index contributed by atoms with van der Waals surface area (Å²) in [5.41, 5.74) is 2.93. The number of esters is 1. The molecule has 4 nitrogen and oxygen atoms in total. The molecule has 2 aliphatic rings. The molecule has 33 heavy (non-hydrogen) atoms. The third-order valence-corrected chi connectivity index (χ3v) is 6.41. The maximum Gasteiger partial charge on any atom is 0.377 e. The number of hydrogen-bond donors (Lipinski definition) is 0. The van der Waals surface area contributed by atoms with E-state index in [2.05, 4.69) is 9.72 Å². The molecule has 0 bridgehead atoms. The molecule has 0 aliphatic heterocycles. The van der Waals surface area contributed by atoms with Gasteiger partial charge in [0.15, 0.2) is 5.78 Å². The van der Waals surface area contributed by atoms with Crippen LogP contribution in [0.25, 0.3) is 11.1 Å². The number of carbonyl (C=O) groups excluding carboxylic acids is 2. The molecule has 5 rings (SSSR count). The van der Waals surface area contributed by atoms with Gasteiger partial charge in [-0.15, -0.1) is 0 Å². The van der Waals surface area contributed by atoms with Gasteiger partial charge in [0.1, 0.15) is 0 Å². The largest absolute Gasteiger partial charge is 0.462 e. The van der Waals surface area contributed by atoms with E-state index in [0.29, 0.717) is 22.4 Å². The van der Waals surface area contributed by atoms with Crippen LogP contribution in [-0.2, 0) is 14.9 Å². The van der Waals surface area contributed by atoms with Crippen molar-refractivity contribution in [1.29, 1.82) is 0 Å². The van der Waals surface area contributed by atoms with Crippen LogP contribution in [-0.4, -0.2) is 29.3 Å². The van der Waals surface area contributed by atoms with Crippen molar-refractivity contribution < 1.29 is 23.1 Å². The number of ketones is 1. The van der Waals surface area contributed by atoms with Gasteiger partial charge in [-0.1, -0.05) is 54.6 Å². The van der Waals surface area contributed by atoms with Crippen LogP contribution in [0.3, 0.4) is 0 Å². The zero-order chi connectivity index (χ0) is 23.2. The molecular weight excluding hydrogens is 424 g/mol. The Morgan fingerprint density at radius 3 is 2.48 bits per heavy atom. The number of Topliss-reactive ketones (excluding diaryl/α,β-unsaturated/α-hetero) is 1. The summed E-state index contributed by atoms with van der Waals surface area (Å²) < 4.78 is 35.3. The molecule has 166 valence electrons. The molecule has 0 saturated carbocycles. The minimum absolute atomic E-state index is 0.153. The van der Waals surface area contributed by atoms with Crippen LogP contribution in [0.4, 0.5) is 8.78 Å². The van der Waals surface area contributed by atoms with E-state index in [9.17, 15) is 9.59 Å². The molecule has 1 heterocycles. The Labute approximate surface area is 189 Å². The first-order valence-electron chi connectivity index (χ1n) is 10.8. The normalized spacial score (nSPS) is 19.1. The van der Waals surface area contributed by atoms with Gasteiger partial charge >= 0.3 is 11.9 Å². The van der Waals surface area contributed by atoms with Crippen LogP contribution in [0.1, 0.15) is 52.5 Å². The summed E-state index contributed by atoms with van der Waals surface area (Å²) in [6.07, 6.45) is 0.511. The smallest absolute Gasteiger partial charge is 0.377 e. The number of halogens is 2. The van der Waals surface area contributed by atoms with Crippen molar-refractivity contribution in [2.45, 2.75) is 31.1 Å². The number of aromatic nitrogens is 1. The number of nitrogens with zero attached hydrogens (tertiary/aromatic N) is 1. The Kier molecular flexibility index (Phi) is 4.96. The van der Waals surface area contributed by atoms with Gasteiger partial charge in [0.25, 0.3) is 0 Å². The van der Waals surface area contributed by atoms with Gasteiger partial charge < -0.3 is 4.74 Å². The van der Waals surface area contributed by atoms with Crippen LogP contribution in [0, 0.1) is 0 Å². The second-order valence-corrected chi connectivity index (χ2v) is 8.34. The second-order valence-electron chi connectivity index (χ2n) is 8.34. The molecule has 0 radical (unpaired) electrons. The van der Waals surface area contributed by atoms with E-state index in [0.717, 1.165) is 16.7 Å². The van der Waals surface area contributed by atoms with Gasteiger partial charge in [-0.25, -0.2) is 4.79 Å². The molecule has 1 atom stereocenters. The van der Waals surface area contributed by atoms with E-state index in [1.165, 1.54) is 6.92 Å². The zero-order valence-corrected chi connectivity index (χ0v) is 18.0. The third kappa shape index (κ3) is 3.20. The predicted molar refractivity (Wildman–Crippen MR) is 120 cm³/mol. The van der Waals surface area contributed by atoms with Crippen molar-refractivity contribution in [2.24, 2.45) is 0 Å². The number of hydrogen-bond acceptors (Lipinski definition) is 4. The Hall–Kier alpha value is -3.67. The van der Waals surface area contributed by atoms with Crippen LogP contribution < -0.4 is 0 Å². The second kappa shape index (κ2) is 7.73. The molecule has 1 aromatic heterocycles. The first-order valence-corrected chi connectivity index (χ1v) is 10.8. The Morgan fingerprint density at radius 1 is 1.03 bits per heavy atom. The maximum atomic E-state index is 15.3. The van der Waals surface area contributed by atoms with Gasteiger partial charge in [-0.05, 0) is 46.9 Å². The summed E-state index contributed by atoms with van der Waals surface area (Å²) in [6.45, 7) is 1.33. The molecule has 0 spiro atoms. The van der Waals surface area contributed by atoms with E-state index in [1.54, 1.807) is 30.5 Å². The van der Waals surface area contributed by atoms with Gasteiger partial charge in [-0.2, -0.15) is 8.78 Å². The van der Waals surface area contributed by atoms with E-state index in [4.69, 9.17) is 0 Å². The minimum Gasteiger partial charge on any atom is -0.462 e. The van der Waals surface area contributed by atoms with Crippen LogP contribution in [0.2, 0.25) is 0 Å². The molecule has 3 aromatic rings. The topological polar surface area (TPSA) is 56.3 Å². The van der Waals surface area contributed by atoms with Crippen molar-refractivity contribution in [3.8, 4) is 0 Å². The lowest BCUT2D eigenvalue weighted by Gasteiger charge is -2.39. The number of benzene rings is 2. The lowest BCUT2D eigenvalue weighted by Crippen LogP contribution is -2.43. The average Bonchev–Trinajstić information content (AvgIpc) is 3.09. The molecule has 6 heteroatoms. The SMILES string of the molecule is CCOC(=O)C(F)(F)CC12CC(=O)c3cccnc3C1=C(c1ccccc1)c1ccccc12. The first kappa shape index (κ1) is 21.2. The summed E-state index contributed by atoms with van der Waals surface area (Å²) in [5.74, 6) is -5.64. The fourth-order valence-electron chi connectivity index (χ4n) is 5.19. The molecule has 2 aliphatic carbocycles. The van der Waals surface area contributed by atoms with E-state index < -0.39 is 23.7 Å². The highest BCUT2D eigenvalue weighted by atomic mass is 19.3. The van der Waals surface area contributed by atoms with Crippen molar-refractivity contribution in [3.05, 3.63) is 101 Å². The van der Waals surface area contributed by atoms with E-state index >= 15 is 8.78 Å². The Morgan fingerprint density at radius 2 is 1.73 bits per heavy atom. The summed E-state index contributed by atoms with van der Waals surface area (Å²) in [4.78, 5) is 30.0. The van der Waals surface area contributed by atoms with Crippen molar-refractivity contribution >= 4 is 22.9 Å². The highest BCUT2D eigenvalue weighted by Gasteiger charge is 2.58. The lowest BCUT2D eigenvalue weighted by atomic mass is 9.64. The Bertz CT molecular complexity index is 1300. The maximum absolute atomic E-state index is 15.3. The van der Waals surface area contributed by atoms with Crippen LogP contribution >= 0.6 is 0 Å². The number of alkyl halides is 2. The fourth-order valence-corrected chi connectivity index (χ4v) is 5.19. The summed E-state index contributed by atoms with van der Waals surface area (Å²) in [5, 5.41) is 0. The third-order valence-electron chi connectivity index (χ3n) is 6.41. The summed E-state index contributed by atoms with van der Waals surface area (Å²) >= 11 is 0. The van der Waals surface area contributed by atoms with Crippen LogP contribution in [0.5, 0.6) is 0 Å². The average molecular weight is 445 g/mol. The summed E-state index contributed by atoms with van der Waals surface area (Å²) in [7, 11) is 0. The summed E-state index contributed by atoms with van der Waals surface area (Å²) in [6, 6.07) is 20.1. The molecule has 0 fully saturated rings.